The molecule has 0 aliphatic heterocycles. The molecule has 2 nitrogen and oxygen atoms in total. The van der Waals surface area contributed by atoms with Gasteiger partial charge in [-0.25, -0.2) is 0 Å². The number of aliphatic hydroxyl groups is 1. The minimum Gasteiger partial charge on any atom is -0.395 e. The first-order valence-corrected chi connectivity index (χ1v) is 7.58. The maximum atomic E-state index is 9.21. The van der Waals surface area contributed by atoms with E-state index < -0.39 is 0 Å². The number of hydrogen-bond acceptors (Lipinski definition) is 3. The maximum absolute atomic E-state index is 9.21. The number of thiophene rings is 1. The van der Waals surface area contributed by atoms with Crippen molar-refractivity contribution in [2.75, 3.05) is 19.7 Å². The summed E-state index contributed by atoms with van der Waals surface area (Å²) in [5, 5.41) is 11.3. The lowest BCUT2D eigenvalue weighted by atomic mass is 10.0. The summed E-state index contributed by atoms with van der Waals surface area (Å²) in [4.78, 5) is 3.68. The summed E-state index contributed by atoms with van der Waals surface area (Å²) in [6, 6.07) is 14.8. The molecule has 1 N–H and O–H groups in total. The van der Waals surface area contributed by atoms with Crippen LogP contribution in [0.1, 0.15) is 23.3 Å². The molecule has 19 heavy (non-hydrogen) atoms. The van der Waals surface area contributed by atoms with Crippen LogP contribution in [0.3, 0.4) is 0 Å². The minimum absolute atomic E-state index is 0.215. The molecule has 0 unspecified atom stereocenters. The predicted octanol–water partition coefficient (Wildman–Crippen LogP) is 3.35. The molecule has 0 saturated heterocycles. The number of nitrogens with zero attached hydrogens (tertiary/aromatic N) is 1. The number of hydrogen-bond donors (Lipinski definition) is 1. The van der Waals surface area contributed by atoms with Crippen molar-refractivity contribution < 1.29 is 5.11 Å². The van der Waals surface area contributed by atoms with Crippen LogP contribution in [0.2, 0.25) is 0 Å². The Kier molecular flexibility index (Phi) is 5.58. The van der Waals surface area contributed by atoms with Crippen molar-refractivity contribution in [1.29, 1.82) is 0 Å². The third-order valence-corrected chi connectivity index (χ3v) is 4.14. The summed E-state index contributed by atoms with van der Waals surface area (Å²) in [6.45, 7) is 5.09. The molecule has 1 atom stereocenters. The van der Waals surface area contributed by atoms with E-state index in [4.69, 9.17) is 0 Å². The van der Waals surface area contributed by atoms with E-state index >= 15 is 0 Å². The fraction of sp³-hybridized carbons (Fsp3) is 0.375. The van der Waals surface area contributed by atoms with E-state index in [-0.39, 0.29) is 6.61 Å². The Morgan fingerprint density at radius 1 is 1.16 bits per heavy atom. The second-order valence-corrected chi connectivity index (χ2v) is 5.88. The van der Waals surface area contributed by atoms with Crippen molar-refractivity contribution in [3.8, 4) is 0 Å². The van der Waals surface area contributed by atoms with E-state index in [1.54, 1.807) is 11.3 Å². The van der Waals surface area contributed by atoms with Crippen LogP contribution in [0.4, 0.5) is 0 Å². The highest BCUT2D eigenvalue weighted by molar-refractivity contribution is 7.09. The van der Waals surface area contributed by atoms with Gasteiger partial charge in [-0.15, -0.1) is 11.3 Å². The molecule has 0 spiro atoms. The third-order valence-electron chi connectivity index (χ3n) is 3.28. The highest BCUT2D eigenvalue weighted by atomic mass is 32.1. The van der Waals surface area contributed by atoms with Gasteiger partial charge < -0.3 is 5.11 Å². The van der Waals surface area contributed by atoms with Gasteiger partial charge in [0.2, 0.25) is 0 Å². The van der Waals surface area contributed by atoms with Crippen LogP contribution in [0, 0.1) is 0 Å². The molecule has 1 aromatic heterocycles. The van der Waals surface area contributed by atoms with Gasteiger partial charge in [0.25, 0.3) is 0 Å². The first kappa shape index (κ1) is 14.3. The van der Waals surface area contributed by atoms with Gasteiger partial charge in [0, 0.05) is 24.5 Å². The molecule has 0 radical (unpaired) electrons. The van der Waals surface area contributed by atoms with Crippen molar-refractivity contribution in [2.45, 2.75) is 19.4 Å². The minimum atomic E-state index is 0.215. The van der Waals surface area contributed by atoms with Crippen molar-refractivity contribution >= 4 is 11.3 Å². The zero-order valence-electron chi connectivity index (χ0n) is 11.3. The number of aliphatic hydroxyl groups excluding tert-OH is 1. The molecule has 2 rings (SSSR count). The van der Waals surface area contributed by atoms with Crippen molar-refractivity contribution in [1.82, 2.24) is 4.90 Å². The van der Waals surface area contributed by atoms with E-state index in [1.807, 2.05) is 6.07 Å². The molecule has 3 heteroatoms. The first-order chi connectivity index (χ1) is 9.29. The Morgan fingerprint density at radius 3 is 2.58 bits per heavy atom. The Labute approximate surface area is 119 Å². The first-order valence-electron chi connectivity index (χ1n) is 6.70. The summed E-state index contributed by atoms with van der Waals surface area (Å²) in [5.74, 6) is 0.479. The molecular weight excluding hydrogens is 254 g/mol. The zero-order chi connectivity index (χ0) is 13.5. The molecule has 0 aliphatic carbocycles. The average Bonchev–Trinajstić information content (AvgIpc) is 2.93. The van der Waals surface area contributed by atoms with Gasteiger partial charge in [-0.3, -0.25) is 4.90 Å². The number of benzene rings is 1. The second-order valence-electron chi connectivity index (χ2n) is 4.85. The van der Waals surface area contributed by atoms with Gasteiger partial charge >= 0.3 is 0 Å². The lowest BCUT2D eigenvalue weighted by Gasteiger charge is -2.24. The van der Waals surface area contributed by atoms with E-state index in [0.29, 0.717) is 5.92 Å². The van der Waals surface area contributed by atoms with Crippen LogP contribution in [-0.2, 0) is 6.54 Å². The van der Waals surface area contributed by atoms with E-state index in [1.165, 1.54) is 10.4 Å². The monoisotopic (exact) mass is 275 g/mol. The molecule has 1 aromatic carbocycles. The molecule has 1 heterocycles. The summed E-state index contributed by atoms with van der Waals surface area (Å²) in [6.07, 6.45) is 0. The van der Waals surface area contributed by atoms with Crippen LogP contribution < -0.4 is 0 Å². The van der Waals surface area contributed by atoms with Gasteiger partial charge in [-0.05, 0) is 22.9 Å². The van der Waals surface area contributed by atoms with Gasteiger partial charge in [0.05, 0.1) is 6.61 Å². The summed E-state index contributed by atoms with van der Waals surface area (Å²) in [7, 11) is 0. The lowest BCUT2D eigenvalue weighted by molar-refractivity contribution is 0.185. The molecule has 0 aliphatic rings. The molecule has 2 aromatic rings. The smallest absolute Gasteiger partial charge is 0.0558 e. The summed E-state index contributed by atoms with van der Waals surface area (Å²) < 4.78 is 0. The Hall–Kier alpha value is -1.16. The van der Waals surface area contributed by atoms with Crippen LogP contribution in [-0.4, -0.2) is 29.7 Å². The average molecular weight is 275 g/mol. The second kappa shape index (κ2) is 7.43. The largest absolute Gasteiger partial charge is 0.395 e. The quantitative estimate of drug-likeness (QED) is 0.837. The summed E-state index contributed by atoms with van der Waals surface area (Å²) >= 11 is 1.78. The highest BCUT2D eigenvalue weighted by Crippen LogP contribution is 2.18. The third kappa shape index (κ3) is 4.46. The standard InChI is InChI=1S/C16H21NOS/c1-14(15-6-3-2-4-7-15)12-17(9-10-18)13-16-8-5-11-19-16/h2-8,11,14,18H,9-10,12-13H2,1H3/t14-/m1/s1. The fourth-order valence-corrected chi connectivity index (χ4v) is 3.02. The van der Waals surface area contributed by atoms with Crippen molar-refractivity contribution in [2.24, 2.45) is 0 Å². The Morgan fingerprint density at radius 2 is 1.95 bits per heavy atom. The van der Waals surface area contributed by atoms with Crippen molar-refractivity contribution in [3.05, 3.63) is 58.3 Å². The molecule has 0 fully saturated rings. The topological polar surface area (TPSA) is 23.5 Å². The molecule has 102 valence electrons. The zero-order valence-corrected chi connectivity index (χ0v) is 12.1. The summed E-state index contributed by atoms with van der Waals surface area (Å²) in [5.41, 5.74) is 1.36. The van der Waals surface area contributed by atoms with E-state index in [0.717, 1.165) is 19.6 Å². The fourth-order valence-electron chi connectivity index (χ4n) is 2.27. The SMILES string of the molecule is C[C@H](CN(CCO)Cc1cccs1)c1ccccc1. The van der Waals surface area contributed by atoms with Gasteiger partial charge in [0.15, 0.2) is 0 Å². The van der Waals surface area contributed by atoms with Gasteiger partial charge in [-0.2, -0.15) is 0 Å². The van der Waals surface area contributed by atoms with Crippen molar-refractivity contribution in [3.63, 3.8) is 0 Å². The predicted molar refractivity (Wildman–Crippen MR) is 81.5 cm³/mol. The molecule has 0 amide bonds. The number of rotatable bonds is 7. The van der Waals surface area contributed by atoms with E-state index in [9.17, 15) is 5.11 Å². The molecule has 0 bridgehead atoms. The lowest BCUT2D eigenvalue weighted by Crippen LogP contribution is -2.30. The molecule has 0 saturated carbocycles. The Balaban J connectivity index is 1.96. The van der Waals surface area contributed by atoms with Gasteiger partial charge in [-0.1, -0.05) is 43.3 Å². The van der Waals surface area contributed by atoms with Crippen LogP contribution in [0.5, 0.6) is 0 Å². The van der Waals surface area contributed by atoms with Crippen LogP contribution in [0.15, 0.2) is 47.8 Å². The molecular formula is C16H21NOS. The normalized spacial score (nSPS) is 12.8. The Bertz CT molecular complexity index is 455. The maximum Gasteiger partial charge on any atom is 0.0558 e. The van der Waals surface area contributed by atoms with Crippen LogP contribution >= 0.6 is 11.3 Å². The van der Waals surface area contributed by atoms with Gasteiger partial charge in [0.1, 0.15) is 0 Å². The van der Waals surface area contributed by atoms with E-state index in [2.05, 4.69) is 53.6 Å². The highest BCUT2D eigenvalue weighted by Gasteiger charge is 2.12. The van der Waals surface area contributed by atoms with Crippen LogP contribution in [0.25, 0.3) is 0 Å².